The standard InChI is InChI=1S/C17H15ClN4O4S/c1-19-17(23)26-11-12-7-15(13-4-5-16(18)21-8-13)22(10-12)27(24,25)14-3-2-6-20-9-14/h2-10H,11H2,1H3,(H,19,23). The van der Waals surface area contributed by atoms with Crippen LogP contribution in [-0.2, 0) is 21.4 Å². The maximum atomic E-state index is 13.1. The smallest absolute Gasteiger partial charge is 0.407 e. The molecule has 0 atom stereocenters. The first-order valence-electron chi connectivity index (χ1n) is 7.75. The van der Waals surface area contributed by atoms with Gasteiger partial charge in [-0.2, -0.15) is 0 Å². The molecule has 0 fully saturated rings. The van der Waals surface area contributed by atoms with Gasteiger partial charge in [-0.15, -0.1) is 0 Å². The molecule has 0 aliphatic heterocycles. The Labute approximate surface area is 160 Å². The number of halogens is 1. The van der Waals surface area contributed by atoms with E-state index in [0.717, 1.165) is 3.97 Å². The van der Waals surface area contributed by atoms with Gasteiger partial charge in [-0.1, -0.05) is 11.6 Å². The summed E-state index contributed by atoms with van der Waals surface area (Å²) in [5.74, 6) is 0. The van der Waals surface area contributed by atoms with Crippen molar-refractivity contribution in [1.29, 1.82) is 0 Å². The molecule has 10 heteroatoms. The second kappa shape index (κ2) is 7.77. The highest BCUT2D eigenvalue weighted by atomic mass is 35.5. The maximum Gasteiger partial charge on any atom is 0.407 e. The molecule has 1 amide bonds. The summed E-state index contributed by atoms with van der Waals surface area (Å²) in [6, 6.07) is 7.82. The van der Waals surface area contributed by atoms with Gasteiger partial charge in [-0.3, -0.25) is 4.98 Å². The Bertz CT molecular complexity index is 1050. The Kier molecular flexibility index (Phi) is 5.43. The Morgan fingerprint density at radius 2 is 2.11 bits per heavy atom. The van der Waals surface area contributed by atoms with Crippen LogP contribution in [0.3, 0.4) is 0 Å². The number of pyridine rings is 2. The van der Waals surface area contributed by atoms with Gasteiger partial charge in [0.25, 0.3) is 10.0 Å². The van der Waals surface area contributed by atoms with Crippen molar-refractivity contribution in [3.63, 3.8) is 0 Å². The number of carbonyl (C=O) groups is 1. The minimum atomic E-state index is -3.91. The van der Waals surface area contributed by atoms with Gasteiger partial charge in [0.15, 0.2) is 0 Å². The SMILES string of the molecule is CNC(=O)OCc1cc(-c2ccc(Cl)nc2)n(S(=O)(=O)c2cccnc2)c1. The summed E-state index contributed by atoms with van der Waals surface area (Å²) in [6.07, 6.45) is 5.00. The summed E-state index contributed by atoms with van der Waals surface area (Å²) >= 11 is 5.82. The number of hydrogen-bond donors (Lipinski definition) is 1. The zero-order valence-electron chi connectivity index (χ0n) is 14.2. The molecule has 3 aromatic rings. The lowest BCUT2D eigenvalue weighted by molar-refractivity contribution is 0.142. The van der Waals surface area contributed by atoms with Gasteiger partial charge in [-0.25, -0.2) is 22.2 Å². The van der Waals surface area contributed by atoms with E-state index in [4.69, 9.17) is 16.3 Å². The summed E-state index contributed by atoms with van der Waals surface area (Å²) in [6.45, 7) is -0.0940. The van der Waals surface area contributed by atoms with Crippen molar-refractivity contribution in [2.45, 2.75) is 11.5 Å². The van der Waals surface area contributed by atoms with Crippen molar-refractivity contribution >= 4 is 27.7 Å². The summed E-state index contributed by atoms with van der Waals surface area (Å²) in [5, 5.41) is 2.62. The number of ether oxygens (including phenoxy) is 1. The molecule has 1 N–H and O–H groups in total. The molecule has 0 aliphatic rings. The summed E-state index contributed by atoms with van der Waals surface area (Å²) in [5.41, 5.74) is 1.40. The maximum absolute atomic E-state index is 13.1. The van der Waals surface area contributed by atoms with E-state index in [1.165, 1.54) is 44.0 Å². The summed E-state index contributed by atoms with van der Waals surface area (Å²) in [7, 11) is -2.48. The number of alkyl carbamates (subject to hydrolysis) is 1. The fourth-order valence-corrected chi connectivity index (χ4v) is 3.82. The van der Waals surface area contributed by atoms with Gasteiger partial charge in [0.05, 0.1) is 5.69 Å². The molecule has 3 rings (SSSR count). The number of carbonyl (C=O) groups excluding carboxylic acids is 1. The number of amides is 1. The molecule has 0 aliphatic carbocycles. The van der Waals surface area contributed by atoms with Crippen molar-refractivity contribution in [2.24, 2.45) is 0 Å². The summed E-state index contributed by atoms with van der Waals surface area (Å²) < 4.78 is 32.2. The van der Waals surface area contributed by atoms with E-state index in [2.05, 4.69) is 15.3 Å². The monoisotopic (exact) mass is 406 g/mol. The van der Waals surface area contributed by atoms with Crippen molar-refractivity contribution in [3.05, 3.63) is 65.8 Å². The van der Waals surface area contributed by atoms with E-state index in [1.807, 2.05) is 0 Å². The van der Waals surface area contributed by atoms with Crippen LogP contribution in [0.4, 0.5) is 4.79 Å². The third kappa shape index (κ3) is 4.09. The molecule has 0 aromatic carbocycles. The highest BCUT2D eigenvalue weighted by Crippen LogP contribution is 2.27. The molecular weight excluding hydrogens is 392 g/mol. The van der Waals surface area contributed by atoms with Crippen molar-refractivity contribution in [2.75, 3.05) is 7.05 Å². The van der Waals surface area contributed by atoms with Crippen LogP contribution in [0.25, 0.3) is 11.3 Å². The van der Waals surface area contributed by atoms with E-state index in [-0.39, 0.29) is 16.7 Å². The first-order chi connectivity index (χ1) is 12.9. The molecule has 0 saturated heterocycles. The molecule has 0 saturated carbocycles. The van der Waals surface area contributed by atoms with Crippen LogP contribution in [0, 0.1) is 0 Å². The predicted molar refractivity (Wildman–Crippen MR) is 98.7 cm³/mol. The normalized spacial score (nSPS) is 11.2. The van der Waals surface area contributed by atoms with Crippen LogP contribution in [0.2, 0.25) is 5.15 Å². The Morgan fingerprint density at radius 1 is 1.30 bits per heavy atom. The average molecular weight is 407 g/mol. The van der Waals surface area contributed by atoms with Gasteiger partial charge in [0, 0.05) is 43.0 Å². The highest BCUT2D eigenvalue weighted by molar-refractivity contribution is 7.90. The molecule has 3 heterocycles. The lowest BCUT2D eigenvalue weighted by Gasteiger charge is -2.10. The lowest BCUT2D eigenvalue weighted by atomic mass is 10.2. The van der Waals surface area contributed by atoms with Crippen molar-refractivity contribution < 1.29 is 17.9 Å². The van der Waals surface area contributed by atoms with Gasteiger partial charge >= 0.3 is 6.09 Å². The molecule has 8 nitrogen and oxygen atoms in total. The molecule has 0 radical (unpaired) electrons. The average Bonchev–Trinajstić information content (AvgIpc) is 3.12. The molecule has 3 aromatic heterocycles. The number of rotatable bonds is 5. The minimum Gasteiger partial charge on any atom is -0.445 e. The van der Waals surface area contributed by atoms with Crippen molar-refractivity contribution in [1.82, 2.24) is 19.3 Å². The molecular formula is C17H15ClN4O4S. The Morgan fingerprint density at radius 3 is 2.74 bits per heavy atom. The second-order valence-electron chi connectivity index (χ2n) is 5.42. The van der Waals surface area contributed by atoms with E-state index >= 15 is 0 Å². The molecule has 140 valence electrons. The van der Waals surface area contributed by atoms with Crippen LogP contribution < -0.4 is 5.32 Å². The minimum absolute atomic E-state index is 0.0301. The fraction of sp³-hybridized carbons (Fsp3) is 0.118. The first-order valence-corrected chi connectivity index (χ1v) is 9.57. The second-order valence-corrected chi connectivity index (χ2v) is 7.62. The Balaban J connectivity index is 2.09. The van der Waals surface area contributed by atoms with Crippen LogP contribution in [-0.4, -0.2) is 35.5 Å². The van der Waals surface area contributed by atoms with E-state index in [9.17, 15) is 13.2 Å². The van der Waals surface area contributed by atoms with Gasteiger partial charge in [0.2, 0.25) is 0 Å². The Hall–Kier alpha value is -2.91. The summed E-state index contributed by atoms with van der Waals surface area (Å²) in [4.78, 5) is 19.2. The highest BCUT2D eigenvalue weighted by Gasteiger charge is 2.22. The first kappa shape index (κ1) is 18.9. The zero-order valence-corrected chi connectivity index (χ0v) is 15.7. The molecule has 0 bridgehead atoms. The molecule has 0 unspecified atom stereocenters. The van der Waals surface area contributed by atoms with Gasteiger partial charge in [-0.05, 0) is 30.3 Å². The molecule has 0 spiro atoms. The third-order valence-corrected chi connectivity index (χ3v) is 5.51. The topological polar surface area (TPSA) is 103 Å². The van der Waals surface area contributed by atoms with Crippen LogP contribution in [0.5, 0.6) is 0 Å². The number of nitrogens with zero attached hydrogens (tertiary/aromatic N) is 3. The van der Waals surface area contributed by atoms with Crippen LogP contribution >= 0.6 is 11.6 Å². The van der Waals surface area contributed by atoms with E-state index in [1.54, 1.807) is 18.2 Å². The number of nitrogens with one attached hydrogen (secondary N) is 1. The fourth-order valence-electron chi connectivity index (χ4n) is 2.35. The van der Waals surface area contributed by atoms with E-state index in [0.29, 0.717) is 16.8 Å². The largest absolute Gasteiger partial charge is 0.445 e. The number of hydrogen-bond acceptors (Lipinski definition) is 6. The van der Waals surface area contributed by atoms with Crippen LogP contribution in [0.1, 0.15) is 5.56 Å². The van der Waals surface area contributed by atoms with Crippen molar-refractivity contribution in [3.8, 4) is 11.3 Å². The number of aromatic nitrogens is 3. The molecule has 27 heavy (non-hydrogen) atoms. The lowest BCUT2D eigenvalue weighted by Crippen LogP contribution is -2.18. The van der Waals surface area contributed by atoms with Gasteiger partial charge < -0.3 is 10.1 Å². The van der Waals surface area contributed by atoms with E-state index < -0.39 is 16.1 Å². The van der Waals surface area contributed by atoms with Crippen LogP contribution in [0.15, 0.2) is 60.0 Å². The van der Waals surface area contributed by atoms with Gasteiger partial charge in [0.1, 0.15) is 16.7 Å². The predicted octanol–water partition coefficient (Wildman–Crippen LogP) is 2.69. The quantitative estimate of drug-likeness (QED) is 0.653. The zero-order chi connectivity index (χ0) is 19.4. The third-order valence-electron chi connectivity index (χ3n) is 3.63.